The molecule has 0 amide bonds. The Morgan fingerprint density at radius 1 is 1.65 bits per heavy atom. The summed E-state index contributed by atoms with van der Waals surface area (Å²) in [5.74, 6) is 0.161. The van der Waals surface area contributed by atoms with Gasteiger partial charge in [0.2, 0.25) is 0 Å². The van der Waals surface area contributed by atoms with Crippen molar-refractivity contribution < 1.29 is 9.53 Å². The Kier molecular flexibility index (Phi) is 4.22. The van der Waals surface area contributed by atoms with Crippen molar-refractivity contribution in [2.45, 2.75) is 44.9 Å². The predicted octanol–water partition coefficient (Wildman–Crippen LogP) is 0.265. The number of nitrogens with zero attached hydrogens (tertiary/aromatic N) is 3. The molecule has 1 aliphatic heterocycles. The van der Waals surface area contributed by atoms with Gasteiger partial charge in [0, 0.05) is 19.6 Å². The molecule has 0 bridgehead atoms. The fourth-order valence-electron chi connectivity index (χ4n) is 1.96. The molecule has 6 nitrogen and oxygen atoms in total. The van der Waals surface area contributed by atoms with E-state index in [0.29, 0.717) is 18.7 Å². The van der Waals surface area contributed by atoms with Crippen LogP contribution < -0.4 is 5.73 Å². The molecule has 2 rings (SSSR count). The van der Waals surface area contributed by atoms with Crippen LogP contribution >= 0.6 is 0 Å². The highest BCUT2D eigenvalue weighted by Crippen LogP contribution is 2.16. The molecule has 1 atom stereocenters. The Morgan fingerprint density at radius 2 is 2.53 bits per heavy atom. The van der Waals surface area contributed by atoms with Gasteiger partial charge in [-0.2, -0.15) is 0 Å². The highest BCUT2D eigenvalue weighted by atomic mass is 16.5. The minimum atomic E-state index is 0.161. The Balaban J connectivity index is 1.72. The zero-order chi connectivity index (χ0) is 12.1. The quantitative estimate of drug-likeness (QED) is 0.769. The van der Waals surface area contributed by atoms with Crippen LogP contribution in [0.15, 0.2) is 6.20 Å². The lowest BCUT2D eigenvalue weighted by Crippen LogP contribution is -2.14. The van der Waals surface area contributed by atoms with Crippen molar-refractivity contribution >= 4 is 5.78 Å². The molecule has 1 fully saturated rings. The lowest BCUT2D eigenvalue weighted by atomic mass is 10.1. The van der Waals surface area contributed by atoms with Gasteiger partial charge in [0.05, 0.1) is 18.0 Å². The van der Waals surface area contributed by atoms with Crippen LogP contribution in [0, 0.1) is 0 Å². The van der Waals surface area contributed by atoms with Gasteiger partial charge in [0.25, 0.3) is 0 Å². The molecule has 1 aromatic heterocycles. The van der Waals surface area contributed by atoms with Crippen LogP contribution in [-0.4, -0.2) is 33.5 Å². The van der Waals surface area contributed by atoms with E-state index in [-0.39, 0.29) is 18.4 Å². The topological polar surface area (TPSA) is 83.0 Å². The summed E-state index contributed by atoms with van der Waals surface area (Å²) in [7, 11) is 0. The normalized spacial score (nSPS) is 19.7. The second kappa shape index (κ2) is 5.88. The lowest BCUT2D eigenvalue weighted by Gasteiger charge is -2.07. The van der Waals surface area contributed by atoms with Crippen molar-refractivity contribution in [2.75, 3.05) is 6.61 Å². The maximum absolute atomic E-state index is 11.7. The van der Waals surface area contributed by atoms with Gasteiger partial charge in [0.15, 0.2) is 5.78 Å². The van der Waals surface area contributed by atoms with Gasteiger partial charge >= 0.3 is 0 Å². The van der Waals surface area contributed by atoms with E-state index >= 15 is 0 Å². The number of Topliss-reactive ketones (excluding diaryl/α,β-unsaturated/α-hetero) is 1. The molecule has 1 aromatic rings. The molecule has 2 heterocycles. The van der Waals surface area contributed by atoms with E-state index in [1.807, 2.05) is 0 Å². The first-order chi connectivity index (χ1) is 8.28. The fraction of sp³-hybridized carbons (Fsp3) is 0.727. The molecule has 0 aromatic carbocycles. The van der Waals surface area contributed by atoms with E-state index in [9.17, 15) is 4.79 Å². The maximum atomic E-state index is 11.7. The fourth-order valence-corrected chi connectivity index (χ4v) is 1.96. The summed E-state index contributed by atoms with van der Waals surface area (Å²) >= 11 is 0. The van der Waals surface area contributed by atoms with Crippen molar-refractivity contribution in [1.82, 2.24) is 15.0 Å². The first-order valence-electron chi connectivity index (χ1n) is 6.00. The van der Waals surface area contributed by atoms with Gasteiger partial charge in [-0.1, -0.05) is 5.21 Å². The third-order valence-corrected chi connectivity index (χ3v) is 2.90. The van der Waals surface area contributed by atoms with Crippen LogP contribution in [0.4, 0.5) is 0 Å². The monoisotopic (exact) mass is 238 g/mol. The minimum absolute atomic E-state index is 0.161. The largest absolute Gasteiger partial charge is 0.378 e. The van der Waals surface area contributed by atoms with Gasteiger partial charge in [-0.25, -0.2) is 4.68 Å². The Morgan fingerprint density at radius 3 is 3.18 bits per heavy atom. The number of ketones is 1. The summed E-state index contributed by atoms with van der Waals surface area (Å²) < 4.78 is 7.01. The second-order valence-corrected chi connectivity index (χ2v) is 4.32. The van der Waals surface area contributed by atoms with Gasteiger partial charge < -0.3 is 10.5 Å². The molecule has 17 heavy (non-hydrogen) atoms. The van der Waals surface area contributed by atoms with Crippen LogP contribution in [0.1, 0.15) is 31.4 Å². The molecule has 1 unspecified atom stereocenters. The van der Waals surface area contributed by atoms with Crippen molar-refractivity contribution in [3.8, 4) is 0 Å². The Hall–Kier alpha value is -1.27. The van der Waals surface area contributed by atoms with E-state index in [2.05, 4.69) is 10.3 Å². The van der Waals surface area contributed by atoms with E-state index in [1.54, 1.807) is 10.9 Å². The maximum Gasteiger partial charge on any atom is 0.154 e. The van der Waals surface area contributed by atoms with Gasteiger partial charge in [-0.15, -0.1) is 5.10 Å². The van der Waals surface area contributed by atoms with Crippen LogP contribution in [-0.2, 0) is 22.6 Å². The van der Waals surface area contributed by atoms with Gasteiger partial charge in [0.1, 0.15) is 6.54 Å². The lowest BCUT2D eigenvalue weighted by molar-refractivity contribution is -0.120. The summed E-state index contributed by atoms with van der Waals surface area (Å²) in [5.41, 5.74) is 6.12. The average Bonchev–Trinajstić information content (AvgIpc) is 2.97. The van der Waals surface area contributed by atoms with Crippen LogP contribution in [0.2, 0.25) is 0 Å². The number of nitrogens with two attached hydrogens (primary N) is 1. The Bertz CT molecular complexity index is 371. The number of rotatable bonds is 6. The first-order valence-corrected chi connectivity index (χ1v) is 6.00. The number of aromatic nitrogens is 3. The van der Waals surface area contributed by atoms with Crippen molar-refractivity contribution in [3.05, 3.63) is 11.9 Å². The highest BCUT2D eigenvalue weighted by Gasteiger charge is 2.16. The third kappa shape index (κ3) is 3.61. The van der Waals surface area contributed by atoms with Gasteiger partial charge in [-0.3, -0.25) is 4.79 Å². The molecule has 1 saturated heterocycles. The van der Waals surface area contributed by atoms with Crippen LogP contribution in [0.5, 0.6) is 0 Å². The molecule has 6 heteroatoms. The molecular weight excluding hydrogens is 220 g/mol. The number of hydrogen-bond acceptors (Lipinski definition) is 5. The van der Waals surface area contributed by atoms with E-state index in [0.717, 1.165) is 25.9 Å². The third-order valence-electron chi connectivity index (χ3n) is 2.90. The van der Waals surface area contributed by atoms with Crippen LogP contribution in [0.25, 0.3) is 0 Å². The molecule has 0 radical (unpaired) electrons. The SMILES string of the molecule is NCc1cn(CC(=O)CCC2CCCO2)nn1. The predicted molar refractivity (Wildman–Crippen MR) is 61.1 cm³/mol. The number of hydrogen-bond donors (Lipinski definition) is 1. The molecule has 94 valence electrons. The van der Waals surface area contributed by atoms with Crippen molar-refractivity contribution in [3.63, 3.8) is 0 Å². The van der Waals surface area contributed by atoms with E-state index in [4.69, 9.17) is 10.5 Å². The number of carbonyl (C=O) groups excluding carboxylic acids is 1. The Labute approximate surface area is 100 Å². The van der Waals surface area contributed by atoms with Crippen LogP contribution in [0.3, 0.4) is 0 Å². The smallest absolute Gasteiger partial charge is 0.154 e. The van der Waals surface area contributed by atoms with Crippen molar-refractivity contribution in [2.24, 2.45) is 5.73 Å². The summed E-state index contributed by atoms with van der Waals surface area (Å²) in [5, 5.41) is 7.68. The van der Waals surface area contributed by atoms with Crippen molar-refractivity contribution in [1.29, 1.82) is 0 Å². The number of ether oxygens (including phenoxy) is 1. The zero-order valence-corrected chi connectivity index (χ0v) is 9.84. The number of carbonyl (C=O) groups is 1. The summed E-state index contributed by atoms with van der Waals surface area (Å²) in [4.78, 5) is 11.7. The molecular formula is C11H18N4O2. The van der Waals surface area contributed by atoms with E-state index < -0.39 is 0 Å². The molecule has 0 aliphatic carbocycles. The average molecular weight is 238 g/mol. The highest BCUT2D eigenvalue weighted by molar-refractivity contribution is 5.78. The first kappa shape index (κ1) is 12.2. The molecule has 0 spiro atoms. The van der Waals surface area contributed by atoms with E-state index in [1.165, 1.54) is 0 Å². The van der Waals surface area contributed by atoms with Gasteiger partial charge in [-0.05, 0) is 19.3 Å². The second-order valence-electron chi connectivity index (χ2n) is 4.32. The molecule has 1 aliphatic rings. The zero-order valence-electron chi connectivity index (χ0n) is 9.84. The molecule has 2 N–H and O–H groups in total. The standard InChI is InChI=1S/C11H18N4O2/c12-6-9-7-15(14-13-9)8-10(16)3-4-11-2-1-5-17-11/h7,11H,1-6,8,12H2. The summed E-state index contributed by atoms with van der Waals surface area (Å²) in [6, 6.07) is 0. The summed E-state index contributed by atoms with van der Waals surface area (Å²) in [6.07, 6.45) is 5.54. The minimum Gasteiger partial charge on any atom is -0.378 e. The molecule has 0 saturated carbocycles. The summed E-state index contributed by atoms with van der Waals surface area (Å²) in [6.45, 7) is 1.46.